The van der Waals surface area contributed by atoms with Gasteiger partial charge in [-0.1, -0.05) is 0 Å². The molecule has 2 aliphatic rings. The Morgan fingerprint density at radius 1 is 1.30 bits per heavy atom. The first-order valence-corrected chi connectivity index (χ1v) is 9.95. The number of imidazole rings is 1. The van der Waals surface area contributed by atoms with Crippen molar-refractivity contribution in [2.75, 3.05) is 59.9 Å². The van der Waals surface area contributed by atoms with Crippen LogP contribution >= 0.6 is 0 Å². The highest BCUT2D eigenvalue weighted by molar-refractivity contribution is 5.81. The molecule has 27 heavy (non-hydrogen) atoms. The number of hydrogen-bond donors (Lipinski definition) is 1. The van der Waals surface area contributed by atoms with Gasteiger partial charge in [-0.15, -0.1) is 0 Å². The van der Waals surface area contributed by atoms with E-state index in [2.05, 4.69) is 40.1 Å². The van der Waals surface area contributed by atoms with Gasteiger partial charge in [0.1, 0.15) is 5.82 Å². The summed E-state index contributed by atoms with van der Waals surface area (Å²) in [5.41, 5.74) is 0. The smallest absolute Gasteiger partial charge is 0.236 e. The summed E-state index contributed by atoms with van der Waals surface area (Å²) >= 11 is 0. The van der Waals surface area contributed by atoms with Crippen LogP contribution in [0.2, 0.25) is 0 Å². The Morgan fingerprint density at radius 3 is 2.78 bits per heavy atom. The molecule has 0 unspecified atom stereocenters. The van der Waals surface area contributed by atoms with Gasteiger partial charge in [0, 0.05) is 51.0 Å². The van der Waals surface area contributed by atoms with Crippen LogP contribution in [0.1, 0.15) is 31.0 Å². The molecule has 0 radical (unpaired) electrons. The lowest BCUT2D eigenvalue weighted by atomic mass is 9.95. The second-order valence-corrected chi connectivity index (χ2v) is 7.85. The van der Waals surface area contributed by atoms with E-state index in [9.17, 15) is 9.59 Å². The summed E-state index contributed by atoms with van der Waals surface area (Å²) in [6, 6.07) is 0. The number of hydrogen-bond acceptors (Lipinski definition) is 5. The molecule has 2 fully saturated rings. The molecule has 0 aromatic carbocycles. The number of piperazine rings is 1. The van der Waals surface area contributed by atoms with Crippen molar-refractivity contribution in [1.82, 2.24) is 29.6 Å². The number of rotatable bonds is 7. The Hall–Kier alpha value is -1.93. The minimum atomic E-state index is 0.00820. The monoisotopic (exact) mass is 376 g/mol. The first-order chi connectivity index (χ1) is 13.0. The van der Waals surface area contributed by atoms with Crippen LogP contribution < -0.4 is 5.32 Å². The Kier molecular flexibility index (Phi) is 6.84. The van der Waals surface area contributed by atoms with Gasteiger partial charge < -0.3 is 19.7 Å². The summed E-state index contributed by atoms with van der Waals surface area (Å²) in [6.07, 6.45) is 6.98. The molecule has 2 saturated heterocycles. The lowest BCUT2D eigenvalue weighted by molar-refractivity contribution is -0.134. The third-order valence-corrected chi connectivity index (χ3v) is 5.44. The van der Waals surface area contributed by atoms with Crippen molar-refractivity contribution in [2.24, 2.45) is 0 Å². The molecule has 3 rings (SSSR count). The lowest BCUT2D eigenvalue weighted by Crippen LogP contribution is -2.51. The summed E-state index contributed by atoms with van der Waals surface area (Å²) in [4.78, 5) is 34.7. The number of amides is 2. The highest BCUT2D eigenvalue weighted by Gasteiger charge is 2.28. The summed E-state index contributed by atoms with van der Waals surface area (Å²) in [7, 11) is 4.19. The zero-order valence-corrected chi connectivity index (χ0v) is 16.6. The van der Waals surface area contributed by atoms with Crippen LogP contribution in [0.25, 0.3) is 0 Å². The predicted octanol–water partition coefficient (Wildman–Crippen LogP) is -0.0274. The Balaban J connectivity index is 1.47. The van der Waals surface area contributed by atoms with Crippen molar-refractivity contribution in [3.05, 3.63) is 18.2 Å². The third kappa shape index (κ3) is 5.52. The molecular weight excluding hydrogens is 344 g/mol. The standard InChI is InChI=1S/C19H32N6O2/c1-22(2)8-3-9-25-13-7-21-19(25)16-4-10-24(11-5-16)18(27)15-23-12-6-20-17(26)14-23/h7,13,16H,3-6,8-12,14-15H2,1-2H3,(H,20,26). The van der Waals surface area contributed by atoms with Gasteiger partial charge >= 0.3 is 0 Å². The van der Waals surface area contributed by atoms with Gasteiger partial charge in [0.25, 0.3) is 0 Å². The molecule has 0 atom stereocenters. The van der Waals surface area contributed by atoms with Gasteiger partial charge in [0.05, 0.1) is 13.1 Å². The van der Waals surface area contributed by atoms with Crippen LogP contribution in [-0.2, 0) is 16.1 Å². The van der Waals surface area contributed by atoms with Gasteiger partial charge in [-0.2, -0.15) is 0 Å². The van der Waals surface area contributed by atoms with Crippen molar-refractivity contribution in [2.45, 2.75) is 31.7 Å². The van der Waals surface area contributed by atoms with E-state index in [1.807, 2.05) is 16.0 Å². The van der Waals surface area contributed by atoms with Crippen LogP contribution in [0.15, 0.2) is 12.4 Å². The molecule has 0 spiro atoms. The van der Waals surface area contributed by atoms with Crippen molar-refractivity contribution >= 4 is 11.8 Å². The van der Waals surface area contributed by atoms with Crippen LogP contribution in [0, 0.1) is 0 Å². The van der Waals surface area contributed by atoms with E-state index in [0.29, 0.717) is 25.6 Å². The predicted molar refractivity (Wildman–Crippen MR) is 103 cm³/mol. The second-order valence-electron chi connectivity index (χ2n) is 7.85. The van der Waals surface area contributed by atoms with E-state index >= 15 is 0 Å². The van der Waals surface area contributed by atoms with Gasteiger partial charge in [-0.25, -0.2) is 4.98 Å². The first kappa shape index (κ1) is 19.8. The maximum atomic E-state index is 12.6. The lowest BCUT2D eigenvalue weighted by Gasteiger charge is -2.34. The largest absolute Gasteiger partial charge is 0.354 e. The molecule has 1 N–H and O–H groups in total. The van der Waals surface area contributed by atoms with Gasteiger partial charge in [-0.05, 0) is 39.9 Å². The normalized spacial score (nSPS) is 19.5. The minimum absolute atomic E-state index is 0.00820. The third-order valence-electron chi connectivity index (χ3n) is 5.44. The number of carbonyl (C=O) groups excluding carboxylic acids is 2. The molecule has 8 heteroatoms. The maximum absolute atomic E-state index is 12.6. The zero-order valence-electron chi connectivity index (χ0n) is 16.6. The highest BCUT2D eigenvalue weighted by atomic mass is 16.2. The SMILES string of the molecule is CN(C)CCCn1ccnc1C1CCN(C(=O)CN2CCNC(=O)C2)CC1. The van der Waals surface area contributed by atoms with Gasteiger partial charge in [0.2, 0.25) is 11.8 Å². The number of nitrogens with zero attached hydrogens (tertiary/aromatic N) is 5. The highest BCUT2D eigenvalue weighted by Crippen LogP contribution is 2.27. The average molecular weight is 377 g/mol. The summed E-state index contributed by atoms with van der Waals surface area (Å²) in [5, 5.41) is 2.79. The van der Waals surface area contributed by atoms with E-state index in [1.165, 1.54) is 0 Å². The fraction of sp³-hybridized carbons (Fsp3) is 0.737. The molecule has 0 bridgehead atoms. The van der Waals surface area contributed by atoms with Crippen molar-refractivity contribution in [3.8, 4) is 0 Å². The number of likely N-dealkylation sites (tertiary alicyclic amines) is 1. The first-order valence-electron chi connectivity index (χ1n) is 9.95. The minimum Gasteiger partial charge on any atom is -0.354 e. The van der Waals surface area contributed by atoms with Gasteiger partial charge in [0.15, 0.2) is 0 Å². The molecular formula is C19H32N6O2. The molecule has 150 valence electrons. The van der Waals surface area contributed by atoms with Crippen LogP contribution in [0.4, 0.5) is 0 Å². The Labute approximate surface area is 161 Å². The van der Waals surface area contributed by atoms with E-state index < -0.39 is 0 Å². The van der Waals surface area contributed by atoms with E-state index in [-0.39, 0.29) is 11.8 Å². The van der Waals surface area contributed by atoms with Gasteiger partial charge in [-0.3, -0.25) is 14.5 Å². The molecule has 2 aliphatic heterocycles. The van der Waals surface area contributed by atoms with E-state index in [4.69, 9.17) is 0 Å². The zero-order chi connectivity index (χ0) is 19.2. The molecule has 8 nitrogen and oxygen atoms in total. The number of carbonyl (C=O) groups is 2. The second kappa shape index (κ2) is 9.32. The Bertz CT molecular complexity index is 636. The quantitative estimate of drug-likeness (QED) is 0.724. The van der Waals surface area contributed by atoms with Crippen LogP contribution in [-0.4, -0.2) is 96.0 Å². The molecule has 0 saturated carbocycles. The molecule has 0 aliphatic carbocycles. The average Bonchev–Trinajstić information content (AvgIpc) is 3.10. The fourth-order valence-corrected chi connectivity index (χ4v) is 3.93. The Morgan fingerprint density at radius 2 is 2.07 bits per heavy atom. The summed E-state index contributed by atoms with van der Waals surface area (Å²) in [5.74, 6) is 1.73. The molecule has 1 aromatic rings. The number of piperidine rings is 1. The summed E-state index contributed by atoms with van der Waals surface area (Å²) < 4.78 is 2.28. The number of aryl methyl sites for hydroxylation is 1. The van der Waals surface area contributed by atoms with Crippen molar-refractivity contribution in [3.63, 3.8) is 0 Å². The fourth-order valence-electron chi connectivity index (χ4n) is 3.93. The molecule has 2 amide bonds. The molecule has 3 heterocycles. The number of aromatic nitrogens is 2. The topological polar surface area (TPSA) is 73.7 Å². The maximum Gasteiger partial charge on any atom is 0.236 e. The van der Waals surface area contributed by atoms with Crippen LogP contribution in [0.5, 0.6) is 0 Å². The van der Waals surface area contributed by atoms with E-state index in [1.54, 1.807) is 0 Å². The van der Waals surface area contributed by atoms with Crippen molar-refractivity contribution < 1.29 is 9.59 Å². The summed E-state index contributed by atoms with van der Waals surface area (Å²) in [6.45, 7) is 5.65. The van der Waals surface area contributed by atoms with Crippen molar-refractivity contribution in [1.29, 1.82) is 0 Å². The van der Waals surface area contributed by atoms with E-state index in [0.717, 1.165) is 57.8 Å². The number of nitrogens with one attached hydrogen (secondary N) is 1. The van der Waals surface area contributed by atoms with Crippen LogP contribution in [0.3, 0.4) is 0 Å². The molecule has 1 aromatic heterocycles.